The monoisotopic (exact) mass is 653 g/mol. The number of unbranched alkanes of at least 4 members (excludes halogenated alkanes) is 21. The van der Waals surface area contributed by atoms with E-state index in [0.29, 0.717) is 19.4 Å². The van der Waals surface area contributed by atoms with Crippen molar-refractivity contribution in [2.24, 2.45) is 0 Å². The zero-order valence-electron chi connectivity index (χ0n) is 29.9. The average Bonchev–Trinajstić information content (AvgIpc) is 3.01. The first-order chi connectivity index (χ1) is 22.4. The van der Waals surface area contributed by atoms with Crippen molar-refractivity contribution in [1.82, 2.24) is 0 Å². The fourth-order valence-electron chi connectivity index (χ4n) is 5.41. The average molecular weight is 653 g/mol. The number of aliphatic carboxylic acids is 2. The Morgan fingerprint density at radius 2 is 0.848 bits per heavy atom. The van der Waals surface area contributed by atoms with Crippen molar-refractivity contribution in [3.8, 4) is 0 Å². The summed E-state index contributed by atoms with van der Waals surface area (Å²) in [7, 11) is 0. The molecule has 0 aromatic rings. The van der Waals surface area contributed by atoms with Crippen molar-refractivity contribution in [2.75, 3.05) is 6.61 Å². The first kappa shape index (κ1) is 44.3. The molecule has 0 aromatic heterocycles. The lowest BCUT2D eigenvalue weighted by Crippen LogP contribution is -2.22. The predicted octanol–water partition coefficient (Wildman–Crippen LogP) is 11.9. The number of carboxylic acid groups (broad SMARTS) is 2. The number of ether oxygens (including phenoxy) is 1. The van der Waals surface area contributed by atoms with Crippen LogP contribution in [0.3, 0.4) is 0 Å². The van der Waals surface area contributed by atoms with Crippen LogP contribution in [0.4, 0.5) is 0 Å². The summed E-state index contributed by atoms with van der Waals surface area (Å²) >= 11 is 0. The summed E-state index contributed by atoms with van der Waals surface area (Å²) in [5, 5.41) is 17.3. The van der Waals surface area contributed by atoms with Gasteiger partial charge in [-0.3, -0.25) is 9.59 Å². The lowest BCUT2D eigenvalue weighted by molar-refractivity contribution is -0.385. The van der Waals surface area contributed by atoms with Crippen LogP contribution in [0.2, 0.25) is 0 Å². The fraction of sp³-hybridized carbons (Fsp3) is 0.846. The summed E-state index contributed by atoms with van der Waals surface area (Å²) in [4.78, 5) is 32.1. The van der Waals surface area contributed by atoms with Crippen LogP contribution in [0.1, 0.15) is 194 Å². The SMILES string of the molecule is CC(C)OC(CCCCCCC/C=C\CCCCCCCC(=O)O)OOCCCCCCCC/C=C\CCCCCCCC(=O)O. The first-order valence-electron chi connectivity index (χ1n) is 19.1. The number of hydrogen-bond acceptors (Lipinski definition) is 5. The van der Waals surface area contributed by atoms with E-state index in [9.17, 15) is 9.59 Å². The molecule has 1 atom stereocenters. The van der Waals surface area contributed by atoms with Crippen LogP contribution in [-0.2, 0) is 24.1 Å². The van der Waals surface area contributed by atoms with E-state index in [4.69, 9.17) is 24.7 Å². The maximum atomic E-state index is 10.5. The highest BCUT2D eigenvalue weighted by Crippen LogP contribution is 2.15. The number of hydrogen-bond donors (Lipinski definition) is 2. The fourth-order valence-corrected chi connectivity index (χ4v) is 5.41. The molecule has 0 radical (unpaired) electrons. The molecule has 0 aliphatic rings. The van der Waals surface area contributed by atoms with Gasteiger partial charge in [0.2, 0.25) is 0 Å². The Balaban J connectivity index is 3.54. The molecule has 0 amide bonds. The summed E-state index contributed by atoms with van der Waals surface area (Å²) < 4.78 is 5.92. The normalized spacial score (nSPS) is 12.6. The lowest BCUT2D eigenvalue weighted by Gasteiger charge is -2.19. The van der Waals surface area contributed by atoms with Crippen molar-refractivity contribution in [2.45, 2.75) is 206 Å². The van der Waals surface area contributed by atoms with E-state index in [2.05, 4.69) is 24.3 Å². The number of carboxylic acids is 2. The number of rotatable bonds is 37. The molecule has 0 spiro atoms. The van der Waals surface area contributed by atoms with E-state index in [0.717, 1.165) is 77.0 Å². The molecular weight excluding hydrogens is 580 g/mol. The van der Waals surface area contributed by atoms with Gasteiger partial charge in [-0.05, 0) is 90.9 Å². The molecule has 46 heavy (non-hydrogen) atoms. The van der Waals surface area contributed by atoms with Crippen molar-refractivity contribution in [3.63, 3.8) is 0 Å². The highest BCUT2D eigenvalue weighted by Gasteiger charge is 2.12. The van der Waals surface area contributed by atoms with Crippen molar-refractivity contribution in [3.05, 3.63) is 24.3 Å². The molecule has 0 saturated carbocycles. The Labute approximate surface area is 282 Å². The Morgan fingerprint density at radius 3 is 1.24 bits per heavy atom. The molecule has 0 saturated heterocycles. The minimum Gasteiger partial charge on any atom is -0.481 e. The van der Waals surface area contributed by atoms with Crippen molar-refractivity contribution < 1.29 is 34.3 Å². The van der Waals surface area contributed by atoms with Gasteiger partial charge in [-0.1, -0.05) is 108 Å². The maximum Gasteiger partial charge on any atom is 0.303 e. The molecule has 7 heteroatoms. The lowest BCUT2D eigenvalue weighted by atomic mass is 10.1. The molecule has 0 aliphatic carbocycles. The van der Waals surface area contributed by atoms with E-state index >= 15 is 0 Å². The molecule has 0 bridgehead atoms. The van der Waals surface area contributed by atoms with E-state index in [-0.39, 0.29) is 12.4 Å². The van der Waals surface area contributed by atoms with Gasteiger partial charge in [0.05, 0.1) is 12.7 Å². The third-order valence-electron chi connectivity index (χ3n) is 8.11. The smallest absolute Gasteiger partial charge is 0.303 e. The van der Waals surface area contributed by atoms with Crippen LogP contribution < -0.4 is 0 Å². The Kier molecular flexibility index (Phi) is 34.8. The summed E-state index contributed by atoms with van der Waals surface area (Å²) in [5.41, 5.74) is 0. The maximum absolute atomic E-state index is 10.5. The summed E-state index contributed by atoms with van der Waals surface area (Å²) in [6.45, 7) is 4.70. The van der Waals surface area contributed by atoms with E-state index in [1.54, 1.807) is 0 Å². The molecule has 0 aliphatic heterocycles. The van der Waals surface area contributed by atoms with E-state index < -0.39 is 11.9 Å². The van der Waals surface area contributed by atoms with Gasteiger partial charge in [0.1, 0.15) is 0 Å². The minimum absolute atomic E-state index is 0.119. The first-order valence-corrected chi connectivity index (χ1v) is 19.1. The zero-order valence-corrected chi connectivity index (χ0v) is 29.9. The van der Waals surface area contributed by atoms with Crippen molar-refractivity contribution >= 4 is 11.9 Å². The van der Waals surface area contributed by atoms with Gasteiger partial charge in [0.25, 0.3) is 0 Å². The third-order valence-corrected chi connectivity index (χ3v) is 8.11. The minimum atomic E-state index is -0.681. The summed E-state index contributed by atoms with van der Waals surface area (Å²) in [6.07, 6.45) is 39.3. The van der Waals surface area contributed by atoms with Gasteiger partial charge < -0.3 is 14.9 Å². The topological polar surface area (TPSA) is 102 Å². The standard InChI is InChI=1S/C39H72O7/c1-36(2)45-39(34-30-26-22-18-14-10-6-5-9-13-17-21-25-29-33-38(42)43)46-44-35-31-27-23-19-15-11-7-3-4-8-12-16-20-24-28-32-37(40)41/h3-6,36,39H,7-35H2,1-2H3,(H,40,41)(H,42,43)/b4-3-,6-5-. The Hall–Kier alpha value is -1.70. The summed E-state index contributed by atoms with van der Waals surface area (Å²) in [6, 6.07) is 0. The number of allylic oxidation sites excluding steroid dienone is 4. The van der Waals surface area contributed by atoms with Crippen LogP contribution in [0, 0.1) is 0 Å². The third kappa shape index (κ3) is 38.5. The van der Waals surface area contributed by atoms with Crippen LogP contribution in [0.25, 0.3) is 0 Å². The van der Waals surface area contributed by atoms with Crippen LogP contribution in [-0.4, -0.2) is 41.2 Å². The highest BCUT2D eigenvalue weighted by molar-refractivity contribution is 5.66. The van der Waals surface area contributed by atoms with Gasteiger partial charge in [-0.25, -0.2) is 9.78 Å². The summed E-state index contributed by atoms with van der Waals surface area (Å²) in [5.74, 6) is -1.36. The van der Waals surface area contributed by atoms with Crippen molar-refractivity contribution in [1.29, 1.82) is 0 Å². The Bertz CT molecular complexity index is 719. The van der Waals surface area contributed by atoms with Gasteiger partial charge in [-0.2, -0.15) is 0 Å². The second-order valence-corrected chi connectivity index (χ2v) is 13.1. The zero-order chi connectivity index (χ0) is 33.8. The molecule has 0 aromatic carbocycles. The second-order valence-electron chi connectivity index (χ2n) is 13.1. The van der Waals surface area contributed by atoms with Gasteiger partial charge in [0.15, 0.2) is 6.29 Å². The van der Waals surface area contributed by atoms with Gasteiger partial charge in [0, 0.05) is 19.3 Å². The largest absolute Gasteiger partial charge is 0.481 e. The van der Waals surface area contributed by atoms with E-state index in [1.807, 2.05) is 13.8 Å². The molecule has 270 valence electrons. The van der Waals surface area contributed by atoms with Crippen LogP contribution in [0.15, 0.2) is 24.3 Å². The molecule has 2 N–H and O–H groups in total. The highest BCUT2D eigenvalue weighted by atomic mass is 17.2. The van der Waals surface area contributed by atoms with Gasteiger partial charge >= 0.3 is 11.9 Å². The predicted molar refractivity (Wildman–Crippen MR) is 190 cm³/mol. The van der Waals surface area contributed by atoms with Gasteiger partial charge in [-0.15, -0.1) is 0 Å². The molecule has 0 rings (SSSR count). The van der Waals surface area contributed by atoms with Crippen LogP contribution in [0.5, 0.6) is 0 Å². The molecule has 0 fully saturated rings. The quantitative estimate of drug-likeness (QED) is 0.0226. The molecular formula is C39H72O7. The van der Waals surface area contributed by atoms with E-state index in [1.165, 1.54) is 89.9 Å². The second kappa shape index (κ2) is 36.1. The molecule has 7 nitrogen and oxygen atoms in total. The molecule has 1 unspecified atom stereocenters. The number of carbonyl (C=O) groups is 2. The molecule has 0 heterocycles. The Morgan fingerprint density at radius 1 is 0.500 bits per heavy atom. The van der Waals surface area contributed by atoms with Crippen LogP contribution >= 0.6 is 0 Å².